The molecule has 0 aliphatic heterocycles. The largest absolute Gasteiger partial charge is 0.304 e. The van der Waals surface area contributed by atoms with E-state index >= 15 is 0 Å². The average Bonchev–Trinajstić information content (AvgIpc) is 2.45. The summed E-state index contributed by atoms with van der Waals surface area (Å²) in [4.78, 5) is 0.588. The minimum atomic E-state index is -3.88. The van der Waals surface area contributed by atoms with Gasteiger partial charge < -0.3 is 5.73 Å². The summed E-state index contributed by atoms with van der Waals surface area (Å²) < 4.78 is 36.7. The Morgan fingerprint density at radius 1 is 0.913 bits per heavy atom. The van der Waals surface area contributed by atoms with E-state index in [4.69, 9.17) is 5.73 Å². The van der Waals surface area contributed by atoms with Gasteiger partial charge >= 0.3 is 0 Å². The monoisotopic (exact) mass is 351 g/mol. The van der Waals surface area contributed by atoms with Gasteiger partial charge in [0.2, 0.25) is 9.84 Å². The number of nitrogens with two attached hydrogens (primary N) is 1. The van der Waals surface area contributed by atoms with Gasteiger partial charge in [-0.1, -0.05) is 35.4 Å². The predicted molar refractivity (Wildman–Crippen MR) is 93.4 cm³/mol. The van der Waals surface area contributed by atoms with E-state index in [-0.39, 0.29) is 4.90 Å². The quantitative estimate of drug-likeness (QED) is 0.919. The molecule has 0 aliphatic carbocycles. The van der Waals surface area contributed by atoms with Crippen LogP contribution in [-0.2, 0) is 20.6 Å². The zero-order valence-electron chi connectivity index (χ0n) is 13.7. The van der Waals surface area contributed by atoms with Crippen molar-refractivity contribution in [3.8, 4) is 0 Å². The summed E-state index contributed by atoms with van der Waals surface area (Å²) in [6.45, 7) is 7.33. The molecular weight excluding hydrogens is 330 g/mol. The van der Waals surface area contributed by atoms with Crippen LogP contribution in [-0.4, -0.2) is 17.3 Å². The molecule has 2 aromatic carbocycles. The Bertz CT molecular complexity index is 873. The summed E-state index contributed by atoms with van der Waals surface area (Å²) in [6, 6.07) is 10.4. The van der Waals surface area contributed by atoms with E-state index in [1.165, 1.54) is 6.07 Å². The normalized spacial score (nSPS) is 14.5. The molecule has 0 saturated heterocycles. The highest BCUT2D eigenvalue weighted by Gasteiger charge is 2.32. The van der Waals surface area contributed by atoms with Crippen molar-refractivity contribution in [3.05, 3.63) is 58.7 Å². The first-order valence-electron chi connectivity index (χ1n) is 7.19. The van der Waals surface area contributed by atoms with E-state index < -0.39 is 25.3 Å². The minimum Gasteiger partial charge on any atom is -0.304 e. The number of hydrogen-bond acceptors (Lipinski definition) is 4. The first kappa shape index (κ1) is 17.8. The Balaban J connectivity index is 2.45. The van der Waals surface area contributed by atoms with E-state index in [0.29, 0.717) is 10.5 Å². The standard InChI is InChI=1S/C17H21NO3S2/c1-11-5-7-15(13(3)9-11)22(19)17(18)23(20,21)16-8-6-12(2)10-14(16)4/h5-10,17H,18H2,1-4H3. The number of sulfone groups is 1. The molecule has 6 heteroatoms. The molecule has 0 aromatic heterocycles. The maximum absolute atomic E-state index is 12.7. The summed E-state index contributed by atoms with van der Waals surface area (Å²) in [7, 11) is -5.72. The smallest absolute Gasteiger partial charge is 0.206 e. The third kappa shape index (κ3) is 3.54. The fraction of sp³-hybridized carbons (Fsp3) is 0.294. The van der Waals surface area contributed by atoms with Gasteiger partial charge in [-0.25, -0.2) is 8.42 Å². The van der Waals surface area contributed by atoms with Gasteiger partial charge in [0, 0.05) is 4.90 Å². The Morgan fingerprint density at radius 3 is 1.96 bits per heavy atom. The molecule has 0 fully saturated rings. The van der Waals surface area contributed by atoms with Crippen LogP contribution < -0.4 is 5.73 Å². The summed E-state index contributed by atoms with van der Waals surface area (Å²) in [5, 5.41) is 0. The Morgan fingerprint density at radius 2 is 1.43 bits per heavy atom. The lowest BCUT2D eigenvalue weighted by Gasteiger charge is -2.16. The fourth-order valence-electron chi connectivity index (χ4n) is 2.51. The molecule has 2 aromatic rings. The molecular formula is C17H21NO3S2. The lowest BCUT2D eigenvalue weighted by atomic mass is 10.2. The molecule has 0 saturated carbocycles. The zero-order chi connectivity index (χ0) is 17.4. The van der Waals surface area contributed by atoms with Crippen LogP contribution in [0.1, 0.15) is 22.3 Å². The highest BCUT2D eigenvalue weighted by Crippen LogP contribution is 2.25. The zero-order valence-corrected chi connectivity index (χ0v) is 15.3. The second kappa shape index (κ2) is 6.55. The van der Waals surface area contributed by atoms with Crippen LogP contribution >= 0.6 is 0 Å². The van der Waals surface area contributed by atoms with E-state index in [2.05, 4.69) is 0 Å². The Labute approximate surface area is 140 Å². The molecule has 0 spiro atoms. The van der Waals surface area contributed by atoms with Crippen molar-refractivity contribution < 1.29 is 12.6 Å². The second-order valence-electron chi connectivity index (χ2n) is 5.75. The highest BCUT2D eigenvalue weighted by molar-refractivity contribution is 8.06. The minimum absolute atomic E-state index is 0.133. The average molecular weight is 351 g/mol. The lowest BCUT2D eigenvalue weighted by Crippen LogP contribution is -2.35. The van der Waals surface area contributed by atoms with Crippen molar-refractivity contribution in [2.75, 3.05) is 0 Å². The van der Waals surface area contributed by atoms with E-state index in [9.17, 15) is 12.6 Å². The summed E-state index contributed by atoms with van der Waals surface area (Å²) >= 11 is 0. The summed E-state index contributed by atoms with van der Waals surface area (Å²) in [5.41, 5.74) is 9.25. The topological polar surface area (TPSA) is 77.2 Å². The third-order valence-corrected chi connectivity index (χ3v) is 7.98. The van der Waals surface area contributed by atoms with Crippen LogP contribution in [0.4, 0.5) is 0 Å². The van der Waals surface area contributed by atoms with Crippen LogP contribution in [0.15, 0.2) is 46.2 Å². The SMILES string of the molecule is Cc1ccc(S(=O)C(N)S(=O)(=O)c2ccc(C)cc2C)c(C)c1. The van der Waals surface area contributed by atoms with Crippen molar-refractivity contribution in [3.63, 3.8) is 0 Å². The van der Waals surface area contributed by atoms with Crippen molar-refractivity contribution in [1.29, 1.82) is 0 Å². The number of aryl methyl sites for hydroxylation is 4. The molecule has 0 radical (unpaired) electrons. The van der Waals surface area contributed by atoms with E-state index in [0.717, 1.165) is 16.7 Å². The molecule has 0 heterocycles. The van der Waals surface area contributed by atoms with Gasteiger partial charge in [0.1, 0.15) is 0 Å². The predicted octanol–water partition coefficient (Wildman–Crippen LogP) is 2.74. The van der Waals surface area contributed by atoms with Gasteiger partial charge in [-0.3, -0.25) is 4.21 Å². The van der Waals surface area contributed by atoms with Gasteiger partial charge in [-0.15, -0.1) is 0 Å². The lowest BCUT2D eigenvalue weighted by molar-refractivity contribution is 0.591. The highest BCUT2D eigenvalue weighted by atomic mass is 32.3. The van der Waals surface area contributed by atoms with E-state index in [1.807, 2.05) is 19.9 Å². The van der Waals surface area contributed by atoms with Gasteiger partial charge in [0.25, 0.3) is 0 Å². The molecule has 23 heavy (non-hydrogen) atoms. The molecule has 0 amide bonds. The molecule has 4 nitrogen and oxygen atoms in total. The maximum atomic E-state index is 12.7. The number of rotatable bonds is 4. The van der Waals surface area contributed by atoms with Crippen LogP contribution in [0, 0.1) is 27.7 Å². The summed E-state index contributed by atoms with van der Waals surface area (Å²) in [5.74, 6) is 0. The number of hydrogen-bond donors (Lipinski definition) is 1. The molecule has 124 valence electrons. The molecule has 2 rings (SSSR count). The Kier molecular flexibility index (Phi) is 5.08. The van der Waals surface area contributed by atoms with Crippen LogP contribution in [0.2, 0.25) is 0 Å². The third-order valence-electron chi connectivity index (χ3n) is 3.70. The first-order valence-corrected chi connectivity index (χ1v) is 9.95. The van der Waals surface area contributed by atoms with Crippen LogP contribution in [0.25, 0.3) is 0 Å². The van der Waals surface area contributed by atoms with Crippen LogP contribution in [0.3, 0.4) is 0 Å². The Hall–Kier alpha value is -1.50. The van der Waals surface area contributed by atoms with Gasteiger partial charge in [0.05, 0.1) is 15.7 Å². The molecule has 0 aliphatic rings. The van der Waals surface area contributed by atoms with Crippen LogP contribution in [0.5, 0.6) is 0 Å². The van der Waals surface area contributed by atoms with Crippen molar-refractivity contribution in [1.82, 2.24) is 0 Å². The van der Waals surface area contributed by atoms with Gasteiger partial charge in [-0.2, -0.15) is 0 Å². The maximum Gasteiger partial charge on any atom is 0.206 e. The molecule has 2 unspecified atom stereocenters. The first-order chi connectivity index (χ1) is 10.6. The number of benzene rings is 2. The van der Waals surface area contributed by atoms with Gasteiger partial charge in [-0.05, 0) is 51.0 Å². The second-order valence-corrected chi connectivity index (χ2v) is 9.63. The van der Waals surface area contributed by atoms with E-state index in [1.54, 1.807) is 38.1 Å². The van der Waals surface area contributed by atoms with Crippen molar-refractivity contribution >= 4 is 20.6 Å². The molecule has 2 atom stereocenters. The summed E-state index contributed by atoms with van der Waals surface area (Å²) in [6.07, 6.45) is 0. The molecule has 2 N–H and O–H groups in total. The molecule has 0 bridgehead atoms. The fourth-order valence-corrected chi connectivity index (χ4v) is 5.90. The van der Waals surface area contributed by atoms with Crippen molar-refractivity contribution in [2.45, 2.75) is 42.2 Å². The van der Waals surface area contributed by atoms with Crippen molar-refractivity contribution in [2.24, 2.45) is 5.73 Å². The van der Waals surface area contributed by atoms with Gasteiger partial charge in [0.15, 0.2) is 4.71 Å².